The number of hydrogen-bond acceptors (Lipinski definition) is 7. The molecule has 0 aliphatic carbocycles. The average Bonchev–Trinajstić information content (AvgIpc) is 2.60. The maximum atomic E-state index is 10.9. The molecule has 0 heterocycles. The van der Waals surface area contributed by atoms with E-state index in [1.165, 1.54) is 21.1 Å². The fourth-order valence-corrected chi connectivity index (χ4v) is 1.14. The van der Waals surface area contributed by atoms with E-state index in [0.717, 1.165) is 19.4 Å². The van der Waals surface area contributed by atoms with Crippen LogP contribution in [0, 0.1) is 0 Å². The highest BCUT2D eigenvalue weighted by Gasteiger charge is 2.13. The van der Waals surface area contributed by atoms with Gasteiger partial charge in [-0.15, -0.1) is 0 Å². The second kappa shape index (κ2) is 15.1. The Morgan fingerprint density at radius 3 is 1.88 bits per heavy atom. The smallest absolute Gasteiger partial charge is 0.373 e. The van der Waals surface area contributed by atoms with Crippen LogP contribution in [0.2, 0.25) is 0 Å². The lowest BCUT2D eigenvalue weighted by molar-refractivity contribution is -0.147. The van der Waals surface area contributed by atoms with Crippen molar-refractivity contribution in [1.82, 2.24) is 0 Å². The molecular formula is C18H28O7. The quantitative estimate of drug-likeness (QED) is 0.195. The molecule has 0 saturated heterocycles. The van der Waals surface area contributed by atoms with E-state index < -0.39 is 11.9 Å². The van der Waals surface area contributed by atoms with E-state index in [1.807, 2.05) is 0 Å². The van der Waals surface area contributed by atoms with E-state index in [4.69, 9.17) is 4.74 Å². The first kappa shape index (κ1) is 24.8. The maximum Gasteiger partial charge on any atom is 0.373 e. The van der Waals surface area contributed by atoms with Crippen molar-refractivity contribution in [3.8, 4) is 0 Å². The van der Waals surface area contributed by atoms with Crippen LogP contribution in [0.5, 0.6) is 0 Å². The van der Waals surface area contributed by atoms with Crippen molar-refractivity contribution < 1.29 is 33.3 Å². The van der Waals surface area contributed by atoms with Crippen molar-refractivity contribution in [3.63, 3.8) is 0 Å². The zero-order valence-corrected chi connectivity index (χ0v) is 15.5. The summed E-state index contributed by atoms with van der Waals surface area (Å²) in [6.07, 6.45) is 2.74. The second-order valence-corrected chi connectivity index (χ2v) is 4.90. The van der Waals surface area contributed by atoms with E-state index in [0.29, 0.717) is 18.6 Å². The van der Waals surface area contributed by atoms with Gasteiger partial charge in [0.1, 0.15) is 0 Å². The highest BCUT2D eigenvalue weighted by molar-refractivity contribution is 5.93. The predicted octanol–water partition coefficient (Wildman–Crippen LogP) is 2.71. The Morgan fingerprint density at radius 1 is 0.880 bits per heavy atom. The van der Waals surface area contributed by atoms with Crippen molar-refractivity contribution >= 4 is 17.9 Å². The molecule has 0 aromatic carbocycles. The van der Waals surface area contributed by atoms with Gasteiger partial charge in [0, 0.05) is 24.2 Å². The number of carbonyl (C=O) groups is 3. The lowest BCUT2D eigenvalue weighted by atomic mass is 10.2. The first-order chi connectivity index (χ1) is 11.7. The van der Waals surface area contributed by atoms with Crippen LogP contribution in [-0.4, -0.2) is 45.3 Å². The van der Waals surface area contributed by atoms with Gasteiger partial charge in [0.25, 0.3) is 0 Å². The Bertz CT molecular complexity index is 492. The highest BCUT2D eigenvalue weighted by Crippen LogP contribution is 2.02. The molecular weight excluding hydrogens is 328 g/mol. The molecule has 0 saturated carbocycles. The first-order valence-corrected chi connectivity index (χ1v) is 7.69. The van der Waals surface area contributed by atoms with Gasteiger partial charge < -0.3 is 18.9 Å². The first-order valence-electron chi connectivity index (χ1n) is 7.69. The summed E-state index contributed by atoms with van der Waals surface area (Å²) in [5, 5.41) is 0. The number of rotatable bonds is 10. The molecule has 0 fully saturated rings. The summed E-state index contributed by atoms with van der Waals surface area (Å²) in [6, 6.07) is 0. The van der Waals surface area contributed by atoms with Gasteiger partial charge in [-0.25, -0.2) is 14.4 Å². The van der Waals surface area contributed by atoms with Gasteiger partial charge in [0.05, 0.1) is 20.8 Å². The standard InChI is InChI=1S/C10H18O3.C8H10O4/c1-4-5-7-13-8-6-9(2)10(11)12-3;1-5(2)7(9)12-6(3)8(10)11-4/h2,4-8H2,1,3H3;1,3H2,2,4H3. The van der Waals surface area contributed by atoms with Gasteiger partial charge in [0.15, 0.2) is 0 Å². The molecule has 25 heavy (non-hydrogen) atoms. The topological polar surface area (TPSA) is 88.1 Å². The lowest BCUT2D eigenvalue weighted by Gasteiger charge is -2.04. The third-order valence-corrected chi connectivity index (χ3v) is 2.64. The molecule has 0 N–H and O–H groups in total. The monoisotopic (exact) mass is 356 g/mol. The zero-order valence-electron chi connectivity index (χ0n) is 15.5. The van der Waals surface area contributed by atoms with Gasteiger partial charge in [0.2, 0.25) is 5.76 Å². The normalized spacial score (nSPS) is 9.12. The summed E-state index contributed by atoms with van der Waals surface area (Å²) in [5.74, 6) is -2.15. The summed E-state index contributed by atoms with van der Waals surface area (Å²) in [6.45, 7) is 15.0. The Hall–Kier alpha value is -2.41. The van der Waals surface area contributed by atoms with Gasteiger partial charge in [-0.1, -0.05) is 26.5 Å². The van der Waals surface area contributed by atoms with Crippen molar-refractivity contribution in [2.75, 3.05) is 27.4 Å². The lowest BCUT2D eigenvalue weighted by Crippen LogP contribution is -2.12. The van der Waals surface area contributed by atoms with E-state index in [9.17, 15) is 14.4 Å². The molecule has 7 nitrogen and oxygen atoms in total. The Balaban J connectivity index is 0. The molecule has 0 aromatic heterocycles. The summed E-state index contributed by atoms with van der Waals surface area (Å²) in [7, 11) is 2.52. The van der Waals surface area contributed by atoms with Crippen LogP contribution in [-0.2, 0) is 33.3 Å². The third-order valence-electron chi connectivity index (χ3n) is 2.64. The van der Waals surface area contributed by atoms with Crippen molar-refractivity contribution in [2.24, 2.45) is 0 Å². The molecule has 0 spiro atoms. The molecule has 0 aliphatic rings. The Morgan fingerprint density at radius 2 is 1.44 bits per heavy atom. The van der Waals surface area contributed by atoms with Crippen LogP contribution < -0.4 is 0 Å². The van der Waals surface area contributed by atoms with E-state index in [2.05, 4.69) is 40.9 Å². The van der Waals surface area contributed by atoms with Gasteiger partial charge >= 0.3 is 17.9 Å². The fourth-order valence-electron chi connectivity index (χ4n) is 1.14. The highest BCUT2D eigenvalue weighted by atomic mass is 16.6. The number of methoxy groups -OCH3 is 2. The number of ether oxygens (including phenoxy) is 4. The minimum Gasteiger partial charge on any atom is -0.466 e. The molecule has 0 aromatic rings. The van der Waals surface area contributed by atoms with E-state index in [1.54, 1.807) is 0 Å². The molecule has 0 bridgehead atoms. The molecule has 0 rings (SSSR count). The maximum absolute atomic E-state index is 10.9. The minimum absolute atomic E-state index is 0.194. The van der Waals surface area contributed by atoms with Crippen molar-refractivity contribution in [2.45, 2.75) is 33.1 Å². The molecule has 0 radical (unpaired) electrons. The molecule has 0 unspecified atom stereocenters. The molecule has 7 heteroatoms. The van der Waals surface area contributed by atoms with Crippen LogP contribution >= 0.6 is 0 Å². The van der Waals surface area contributed by atoms with Crippen LogP contribution in [0.3, 0.4) is 0 Å². The van der Waals surface area contributed by atoms with Crippen LogP contribution in [0.25, 0.3) is 0 Å². The minimum atomic E-state index is -0.774. The third kappa shape index (κ3) is 13.7. The SMILES string of the molecule is C=C(C)C(=O)OC(=C)C(=O)OC.C=C(CCOCCCC)C(=O)OC. The average molecular weight is 356 g/mol. The fraction of sp³-hybridized carbons (Fsp3) is 0.500. The van der Waals surface area contributed by atoms with Crippen LogP contribution in [0.4, 0.5) is 0 Å². The van der Waals surface area contributed by atoms with Gasteiger partial charge in [-0.05, 0) is 19.9 Å². The Kier molecular flexibility index (Phi) is 15.0. The summed E-state index contributed by atoms with van der Waals surface area (Å²) < 4.78 is 18.5. The van der Waals surface area contributed by atoms with E-state index in [-0.39, 0.29) is 17.3 Å². The largest absolute Gasteiger partial charge is 0.466 e. The Labute approximate surface area is 149 Å². The predicted molar refractivity (Wildman–Crippen MR) is 93.6 cm³/mol. The van der Waals surface area contributed by atoms with Crippen LogP contribution in [0.1, 0.15) is 33.1 Å². The second-order valence-electron chi connectivity index (χ2n) is 4.90. The van der Waals surface area contributed by atoms with Gasteiger partial charge in [-0.3, -0.25) is 0 Å². The van der Waals surface area contributed by atoms with Crippen molar-refractivity contribution in [3.05, 3.63) is 36.6 Å². The molecule has 142 valence electrons. The van der Waals surface area contributed by atoms with Crippen LogP contribution in [0.15, 0.2) is 36.6 Å². The van der Waals surface area contributed by atoms with Gasteiger partial charge in [-0.2, -0.15) is 0 Å². The summed E-state index contributed by atoms with van der Waals surface area (Å²) in [5.41, 5.74) is 0.666. The van der Waals surface area contributed by atoms with E-state index >= 15 is 0 Å². The summed E-state index contributed by atoms with van der Waals surface area (Å²) in [4.78, 5) is 32.3. The number of hydrogen-bond donors (Lipinski definition) is 0. The van der Waals surface area contributed by atoms with Crippen molar-refractivity contribution in [1.29, 1.82) is 0 Å². The number of carbonyl (C=O) groups excluding carboxylic acids is 3. The molecule has 0 atom stereocenters. The summed E-state index contributed by atoms with van der Waals surface area (Å²) >= 11 is 0. The number of esters is 3. The molecule has 0 amide bonds. The number of unbranched alkanes of at least 4 members (excludes halogenated alkanes) is 1. The zero-order chi connectivity index (χ0) is 19.8. The molecule has 0 aliphatic heterocycles.